The number of ether oxygens (including phenoxy) is 1. The number of thioether (sulfide) groups is 3. The van der Waals surface area contributed by atoms with E-state index in [0.29, 0.717) is 23.7 Å². The number of aliphatic carboxylic acids is 1. The molecule has 2 N–H and O–H groups in total. The zero-order chi connectivity index (χ0) is 22.7. The Morgan fingerprint density at radius 3 is 3.00 bits per heavy atom. The molecule has 0 bridgehead atoms. The monoisotopic (exact) mass is 515 g/mol. The molecular weight excluding hydrogens is 498 g/mol. The van der Waals surface area contributed by atoms with Crippen LogP contribution in [-0.4, -0.2) is 86.1 Å². The van der Waals surface area contributed by atoms with Crippen LogP contribution in [0.25, 0.3) is 0 Å². The maximum Gasteiger partial charge on any atom is 0.352 e. The van der Waals surface area contributed by atoms with E-state index in [0.717, 1.165) is 10.1 Å². The van der Waals surface area contributed by atoms with Crippen LogP contribution in [0.1, 0.15) is 0 Å². The summed E-state index contributed by atoms with van der Waals surface area (Å²) < 4.78 is 6.19. The number of carbonyl (C=O) groups is 3. The Morgan fingerprint density at radius 2 is 2.34 bits per heavy atom. The molecule has 3 aliphatic rings. The Morgan fingerprint density at radius 1 is 1.50 bits per heavy atom. The Balaban J connectivity index is 1.47. The van der Waals surface area contributed by atoms with Crippen LogP contribution < -0.4 is 5.32 Å². The molecule has 0 aliphatic carbocycles. The van der Waals surface area contributed by atoms with E-state index in [1.165, 1.54) is 58.6 Å². The van der Waals surface area contributed by atoms with E-state index in [1.54, 1.807) is 10.9 Å². The number of amides is 2. The summed E-state index contributed by atoms with van der Waals surface area (Å²) in [5.74, 6) is -0.481. The van der Waals surface area contributed by atoms with Crippen molar-refractivity contribution >= 4 is 70.1 Å². The summed E-state index contributed by atoms with van der Waals surface area (Å²) >= 11 is 5.60. The third kappa shape index (κ3) is 4.60. The number of aromatic nitrogens is 2. The molecule has 1 aromatic heterocycles. The highest BCUT2D eigenvalue weighted by molar-refractivity contribution is 8.02. The molecule has 15 heteroatoms. The number of rotatable bonds is 8. The minimum absolute atomic E-state index is 0.0400. The maximum absolute atomic E-state index is 12.8. The van der Waals surface area contributed by atoms with E-state index in [9.17, 15) is 19.5 Å². The normalized spacial score (nSPS) is 23.0. The molecule has 1 unspecified atom stereocenters. The topological polar surface area (TPSA) is 143 Å². The maximum atomic E-state index is 12.8. The highest BCUT2D eigenvalue weighted by Crippen LogP contribution is 2.41. The van der Waals surface area contributed by atoms with Gasteiger partial charge in [0.15, 0.2) is 10.1 Å². The molecule has 4 rings (SSSR count). The fourth-order valence-corrected chi connectivity index (χ4v) is 6.76. The third-order valence-electron chi connectivity index (χ3n) is 4.53. The standard InChI is InChI=1S/C17H17N5O6S4/c1-27-21-10(9-6-29-3-2-28-9)13(23)19-11-14(24)22-12(16(25)26)8(4-30-15(11)22)5-31-17-20-18-7-32-17/h6-7,11,15H,2-5H2,1H3,(H,19,23)(H,25,26)/t11?,15-/m1/s1. The van der Waals surface area contributed by atoms with Gasteiger partial charge >= 0.3 is 5.97 Å². The van der Waals surface area contributed by atoms with Gasteiger partial charge in [-0.2, -0.15) is 0 Å². The molecule has 1 aromatic rings. The van der Waals surface area contributed by atoms with Crippen molar-refractivity contribution in [2.45, 2.75) is 15.8 Å². The number of hydrogen-bond acceptors (Lipinski definition) is 12. The fourth-order valence-electron chi connectivity index (χ4n) is 3.16. The molecule has 2 atom stereocenters. The first-order valence-corrected chi connectivity index (χ1v) is 13.1. The number of fused-ring (bicyclic) bond motifs is 1. The van der Waals surface area contributed by atoms with Crippen LogP contribution in [0.15, 0.2) is 37.4 Å². The predicted octanol–water partition coefficient (Wildman–Crippen LogP) is 0.976. The number of oxime groups is 1. The molecule has 1 fully saturated rings. The number of carboxylic acid groups (broad SMARTS) is 1. The quantitative estimate of drug-likeness (QED) is 0.221. The molecule has 170 valence electrons. The van der Waals surface area contributed by atoms with Crippen molar-refractivity contribution in [1.82, 2.24) is 20.4 Å². The molecule has 0 spiro atoms. The summed E-state index contributed by atoms with van der Waals surface area (Å²) in [5, 5.41) is 25.0. The van der Waals surface area contributed by atoms with Gasteiger partial charge in [0.2, 0.25) is 5.71 Å². The van der Waals surface area contributed by atoms with Gasteiger partial charge in [0, 0.05) is 22.7 Å². The van der Waals surface area contributed by atoms with Gasteiger partial charge in [0.25, 0.3) is 11.8 Å². The lowest BCUT2D eigenvalue weighted by molar-refractivity contribution is -0.150. The van der Waals surface area contributed by atoms with Crippen LogP contribution in [0.4, 0.5) is 0 Å². The molecule has 0 radical (unpaired) electrons. The second-order valence-corrected chi connectivity index (χ2v) is 10.6. The molecule has 11 nitrogen and oxygen atoms in total. The van der Waals surface area contributed by atoms with E-state index in [2.05, 4.69) is 20.7 Å². The van der Waals surface area contributed by atoms with Crippen LogP contribution in [0, 0.1) is 0 Å². The van der Waals surface area contributed by atoms with Crippen molar-refractivity contribution in [3.63, 3.8) is 0 Å². The SMILES string of the molecule is CON=C(C(=O)NC1C(=O)N2C(C(=O)O)=C(CSc3nncs3)CS[C@H]12)C1=CSCCO1. The minimum atomic E-state index is -1.18. The molecule has 32 heavy (non-hydrogen) atoms. The van der Waals surface area contributed by atoms with Crippen molar-refractivity contribution in [2.75, 3.05) is 31.0 Å². The van der Waals surface area contributed by atoms with E-state index < -0.39 is 29.2 Å². The van der Waals surface area contributed by atoms with Gasteiger partial charge in [-0.05, 0) is 5.57 Å². The van der Waals surface area contributed by atoms with E-state index in [1.807, 2.05) is 0 Å². The summed E-state index contributed by atoms with van der Waals surface area (Å²) in [4.78, 5) is 43.6. The predicted molar refractivity (Wildman–Crippen MR) is 121 cm³/mol. The Hall–Kier alpha value is -2.23. The van der Waals surface area contributed by atoms with Crippen LogP contribution in [0.3, 0.4) is 0 Å². The van der Waals surface area contributed by atoms with Crippen molar-refractivity contribution < 1.29 is 29.1 Å². The second-order valence-electron chi connectivity index (χ2n) is 6.44. The highest BCUT2D eigenvalue weighted by Gasteiger charge is 2.54. The molecule has 1 saturated heterocycles. The third-order valence-corrected chi connectivity index (χ3v) is 8.60. The molecular formula is C17H17N5O6S4. The number of hydrogen-bond donors (Lipinski definition) is 2. The Bertz CT molecular complexity index is 1010. The number of nitrogens with one attached hydrogen (secondary N) is 1. The summed E-state index contributed by atoms with van der Waals surface area (Å²) in [6, 6.07) is -0.877. The van der Waals surface area contributed by atoms with Crippen LogP contribution >= 0.6 is 46.6 Å². The molecule has 0 aromatic carbocycles. The number of nitrogens with zero attached hydrogens (tertiary/aromatic N) is 4. The van der Waals surface area contributed by atoms with Crippen molar-refractivity contribution in [1.29, 1.82) is 0 Å². The average Bonchev–Trinajstić information content (AvgIpc) is 3.33. The number of β-lactam (4-membered cyclic amide) rings is 1. The minimum Gasteiger partial charge on any atom is -0.490 e. The van der Waals surface area contributed by atoms with E-state index >= 15 is 0 Å². The summed E-state index contributed by atoms with van der Waals surface area (Å²) in [7, 11) is 1.31. The largest absolute Gasteiger partial charge is 0.490 e. The van der Waals surface area contributed by atoms with Gasteiger partial charge in [0.1, 0.15) is 29.7 Å². The summed E-state index contributed by atoms with van der Waals surface area (Å²) in [6.45, 7) is 0.422. The van der Waals surface area contributed by atoms with Gasteiger partial charge in [0.05, 0.1) is 6.61 Å². The lowest BCUT2D eigenvalue weighted by atomic mass is 10.0. The Labute approximate surface area is 199 Å². The lowest BCUT2D eigenvalue weighted by Gasteiger charge is -2.49. The van der Waals surface area contributed by atoms with Gasteiger partial charge < -0.3 is 20.0 Å². The fraction of sp³-hybridized carbons (Fsp3) is 0.412. The lowest BCUT2D eigenvalue weighted by Crippen LogP contribution is -2.71. The summed E-state index contributed by atoms with van der Waals surface area (Å²) in [6.07, 6.45) is 0. The summed E-state index contributed by atoms with van der Waals surface area (Å²) in [5.41, 5.74) is 2.11. The van der Waals surface area contributed by atoms with Crippen LogP contribution in [-0.2, 0) is 24.0 Å². The second kappa shape index (κ2) is 10.1. The first-order valence-electron chi connectivity index (χ1n) is 9.17. The van der Waals surface area contributed by atoms with E-state index in [4.69, 9.17) is 9.57 Å². The molecule has 3 aliphatic heterocycles. The van der Waals surface area contributed by atoms with Crippen LogP contribution in [0.5, 0.6) is 0 Å². The number of carbonyl (C=O) groups excluding carboxylic acids is 2. The molecule has 4 heterocycles. The number of carboxylic acids is 1. The zero-order valence-corrected chi connectivity index (χ0v) is 19.8. The zero-order valence-electron chi connectivity index (χ0n) is 16.5. The average molecular weight is 516 g/mol. The first-order chi connectivity index (χ1) is 15.5. The van der Waals surface area contributed by atoms with Crippen molar-refractivity contribution in [3.05, 3.63) is 27.9 Å². The van der Waals surface area contributed by atoms with Gasteiger partial charge in [-0.25, -0.2) is 4.79 Å². The Kier molecular flexibility index (Phi) is 7.27. The van der Waals surface area contributed by atoms with Crippen molar-refractivity contribution in [2.24, 2.45) is 5.16 Å². The first kappa shape index (κ1) is 22.9. The molecule has 2 amide bonds. The van der Waals surface area contributed by atoms with Gasteiger partial charge in [-0.15, -0.1) is 33.7 Å². The van der Waals surface area contributed by atoms with Gasteiger partial charge in [-0.1, -0.05) is 28.3 Å². The molecule has 0 saturated carbocycles. The van der Waals surface area contributed by atoms with Crippen LogP contribution in [0.2, 0.25) is 0 Å². The highest BCUT2D eigenvalue weighted by atomic mass is 32.2. The van der Waals surface area contributed by atoms with Gasteiger partial charge in [-0.3, -0.25) is 14.5 Å². The smallest absolute Gasteiger partial charge is 0.352 e. The van der Waals surface area contributed by atoms with E-state index in [-0.39, 0.29) is 17.2 Å². The van der Waals surface area contributed by atoms with Crippen molar-refractivity contribution in [3.8, 4) is 0 Å².